The topological polar surface area (TPSA) is 86.8 Å². The summed E-state index contributed by atoms with van der Waals surface area (Å²) in [5.74, 6) is -0.704. The second kappa shape index (κ2) is 9.34. The van der Waals surface area contributed by atoms with Gasteiger partial charge in [0.2, 0.25) is 15.9 Å². The van der Waals surface area contributed by atoms with Crippen LogP contribution in [0.5, 0.6) is 0 Å². The Kier molecular flexibility index (Phi) is 8.05. The van der Waals surface area contributed by atoms with Crippen molar-refractivity contribution in [3.05, 3.63) is 28.8 Å². The third-order valence-corrected chi connectivity index (χ3v) is 5.69. The predicted octanol–water partition coefficient (Wildman–Crippen LogP) is 1.97. The molecule has 0 aliphatic carbocycles. The van der Waals surface area contributed by atoms with Gasteiger partial charge in [-0.15, -0.1) is 0 Å². The van der Waals surface area contributed by atoms with Gasteiger partial charge in [0.1, 0.15) is 0 Å². The van der Waals surface area contributed by atoms with Crippen LogP contribution in [0.1, 0.15) is 38.1 Å². The first-order chi connectivity index (χ1) is 12.0. The van der Waals surface area contributed by atoms with Crippen molar-refractivity contribution in [3.63, 3.8) is 0 Å². The maximum absolute atomic E-state index is 12.7. The van der Waals surface area contributed by atoms with Crippen LogP contribution in [0.2, 0.25) is 5.02 Å². The third kappa shape index (κ3) is 5.69. The molecule has 9 heteroatoms. The van der Waals surface area contributed by atoms with Crippen molar-refractivity contribution in [3.8, 4) is 0 Å². The zero-order chi connectivity index (χ0) is 20.1. The van der Waals surface area contributed by atoms with Crippen molar-refractivity contribution in [1.29, 1.82) is 0 Å². The summed E-state index contributed by atoms with van der Waals surface area (Å²) >= 11 is 6.09. The number of likely N-dealkylation sites (N-methyl/N-ethyl adjacent to an activating group) is 2. The number of hydrogen-bond donors (Lipinski definition) is 1. The molecule has 0 saturated carbocycles. The molecule has 7 nitrogen and oxygen atoms in total. The fourth-order valence-corrected chi connectivity index (χ4v) is 3.85. The van der Waals surface area contributed by atoms with Crippen LogP contribution in [0.4, 0.5) is 0 Å². The van der Waals surface area contributed by atoms with Gasteiger partial charge in [0, 0.05) is 26.2 Å². The summed E-state index contributed by atoms with van der Waals surface area (Å²) in [6, 6.07) is 3.65. The number of carbonyl (C=O) groups is 2. The van der Waals surface area contributed by atoms with Gasteiger partial charge in [-0.2, -0.15) is 0 Å². The number of halogens is 1. The summed E-state index contributed by atoms with van der Waals surface area (Å²) < 4.78 is 27.1. The van der Waals surface area contributed by atoms with Crippen LogP contribution >= 0.6 is 11.6 Å². The number of rotatable bonds is 8. The number of hydrogen-bond acceptors (Lipinski definition) is 4. The SMILES string of the molecule is CCN(CC)C(=O)CN(C)C(=O)c1cc(S(=O)(=O)NC(C)C)ccc1Cl. The Labute approximate surface area is 160 Å². The van der Waals surface area contributed by atoms with Gasteiger partial charge < -0.3 is 9.80 Å². The Morgan fingerprint density at radius 3 is 2.27 bits per heavy atom. The monoisotopic (exact) mass is 403 g/mol. The Bertz CT molecular complexity index is 761. The lowest BCUT2D eigenvalue weighted by atomic mass is 10.2. The van der Waals surface area contributed by atoms with Crippen LogP contribution in [-0.2, 0) is 14.8 Å². The van der Waals surface area contributed by atoms with E-state index in [0.29, 0.717) is 13.1 Å². The van der Waals surface area contributed by atoms with Crippen LogP contribution in [0, 0.1) is 0 Å². The molecule has 0 saturated heterocycles. The molecule has 2 amide bonds. The highest BCUT2D eigenvalue weighted by Crippen LogP contribution is 2.22. The van der Waals surface area contributed by atoms with Crippen molar-refractivity contribution < 1.29 is 18.0 Å². The number of nitrogens with one attached hydrogen (secondary N) is 1. The van der Waals surface area contributed by atoms with Gasteiger partial charge in [0.25, 0.3) is 5.91 Å². The summed E-state index contributed by atoms with van der Waals surface area (Å²) in [6.07, 6.45) is 0. The van der Waals surface area contributed by atoms with Gasteiger partial charge >= 0.3 is 0 Å². The molecule has 0 aromatic heterocycles. The number of amides is 2. The van der Waals surface area contributed by atoms with Crippen LogP contribution in [0.15, 0.2) is 23.1 Å². The molecule has 0 spiro atoms. The van der Waals surface area contributed by atoms with E-state index >= 15 is 0 Å². The predicted molar refractivity (Wildman–Crippen MR) is 102 cm³/mol. The molecule has 0 fully saturated rings. The molecule has 1 N–H and O–H groups in total. The zero-order valence-corrected chi connectivity index (χ0v) is 17.3. The van der Waals surface area contributed by atoms with Crippen LogP contribution < -0.4 is 4.72 Å². The standard InChI is InChI=1S/C17H26ClN3O4S/c1-6-21(7-2)16(22)11-20(5)17(23)14-10-13(8-9-15(14)18)26(24,25)19-12(3)4/h8-10,12,19H,6-7,11H2,1-5H3. The fourth-order valence-electron chi connectivity index (χ4n) is 2.37. The molecule has 0 atom stereocenters. The summed E-state index contributed by atoms with van der Waals surface area (Å²) in [6.45, 7) is 8.10. The fraction of sp³-hybridized carbons (Fsp3) is 0.529. The molecular weight excluding hydrogens is 378 g/mol. The summed E-state index contributed by atoms with van der Waals surface area (Å²) in [5, 5.41) is 0.126. The van der Waals surface area contributed by atoms with Crippen molar-refractivity contribution in [2.45, 2.75) is 38.6 Å². The molecule has 0 bridgehead atoms. The number of benzene rings is 1. The van der Waals surface area contributed by atoms with Crippen LogP contribution in [-0.4, -0.2) is 62.8 Å². The first-order valence-electron chi connectivity index (χ1n) is 8.38. The Balaban J connectivity index is 3.09. The van der Waals surface area contributed by atoms with E-state index in [2.05, 4.69) is 4.72 Å². The van der Waals surface area contributed by atoms with E-state index in [9.17, 15) is 18.0 Å². The van der Waals surface area contributed by atoms with Crippen molar-refractivity contribution in [1.82, 2.24) is 14.5 Å². The van der Waals surface area contributed by atoms with Gasteiger partial charge in [-0.1, -0.05) is 11.6 Å². The van der Waals surface area contributed by atoms with E-state index in [1.54, 1.807) is 18.7 Å². The van der Waals surface area contributed by atoms with E-state index in [0.717, 1.165) is 0 Å². The minimum absolute atomic E-state index is 0.0353. The largest absolute Gasteiger partial charge is 0.342 e. The molecule has 0 heterocycles. The highest BCUT2D eigenvalue weighted by Gasteiger charge is 2.23. The highest BCUT2D eigenvalue weighted by atomic mass is 35.5. The smallest absolute Gasteiger partial charge is 0.255 e. The van der Waals surface area contributed by atoms with Gasteiger partial charge in [-0.05, 0) is 45.9 Å². The molecule has 1 rings (SSSR count). The van der Waals surface area contributed by atoms with Crippen LogP contribution in [0.25, 0.3) is 0 Å². The van der Waals surface area contributed by atoms with E-state index in [1.807, 2.05) is 13.8 Å². The molecule has 0 aliphatic heterocycles. The molecular formula is C17H26ClN3O4S. The number of carbonyl (C=O) groups excluding carboxylic acids is 2. The highest BCUT2D eigenvalue weighted by molar-refractivity contribution is 7.89. The molecule has 26 heavy (non-hydrogen) atoms. The second-order valence-electron chi connectivity index (χ2n) is 6.14. The van der Waals surface area contributed by atoms with E-state index in [4.69, 9.17) is 11.6 Å². The second-order valence-corrected chi connectivity index (χ2v) is 8.27. The van der Waals surface area contributed by atoms with E-state index in [1.165, 1.54) is 30.1 Å². The maximum atomic E-state index is 12.7. The number of nitrogens with zero attached hydrogens (tertiary/aromatic N) is 2. The average molecular weight is 404 g/mol. The minimum Gasteiger partial charge on any atom is -0.342 e. The summed E-state index contributed by atoms with van der Waals surface area (Å²) in [5.41, 5.74) is 0.0353. The normalized spacial score (nSPS) is 11.5. The lowest BCUT2D eigenvalue weighted by molar-refractivity contribution is -0.131. The van der Waals surface area contributed by atoms with Crippen molar-refractivity contribution in [2.24, 2.45) is 0 Å². The Morgan fingerprint density at radius 2 is 1.77 bits per heavy atom. The molecule has 146 valence electrons. The molecule has 0 aliphatic rings. The van der Waals surface area contributed by atoms with Gasteiger partial charge in [0.15, 0.2) is 0 Å². The average Bonchev–Trinajstić information content (AvgIpc) is 2.54. The van der Waals surface area contributed by atoms with Gasteiger partial charge in [0.05, 0.1) is 22.0 Å². The van der Waals surface area contributed by atoms with Crippen LogP contribution in [0.3, 0.4) is 0 Å². The van der Waals surface area contributed by atoms with Gasteiger partial charge in [-0.3, -0.25) is 9.59 Å². The lowest BCUT2D eigenvalue weighted by Gasteiger charge is -2.23. The Morgan fingerprint density at radius 1 is 1.19 bits per heavy atom. The first kappa shape index (κ1) is 22.4. The van der Waals surface area contributed by atoms with E-state index in [-0.39, 0.29) is 34.0 Å². The lowest BCUT2D eigenvalue weighted by Crippen LogP contribution is -2.41. The molecule has 1 aromatic rings. The summed E-state index contributed by atoms with van der Waals surface area (Å²) in [4.78, 5) is 27.6. The Hall–Kier alpha value is -1.64. The first-order valence-corrected chi connectivity index (χ1v) is 10.2. The van der Waals surface area contributed by atoms with Gasteiger partial charge in [-0.25, -0.2) is 13.1 Å². The van der Waals surface area contributed by atoms with E-state index < -0.39 is 15.9 Å². The van der Waals surface area contributed by atoms with Crippen molar-refractivity contribution in [2.75, 3.05) is 26.7 Å². The third-order valence-electron chi connectivity index (χ3n) is 3.70. The maximum Gasteiger partial charge on any atom is 0.255 e. The quantitative estimate of drug-likeness (QED) is 0.718. The number of sulfonamides is 1. The zero-order valence-electron chi connectivity index (χ0n) is 15.7. The molecule has 0 radical (unpaired) electrons. The minimum atomic E-state index is -3.76. The molecule has 1 aromatic carbocycles. The van der Waals surface area contributed by atoms with Crippen molar-refractivity contribution >= 4 is 33.4 Å². The summed E-state index contributed by atoms with van der Waals surface area (Å²) in [7, 11) is -2.28. The molecule has 0 unspecified atom stereocenters.